The maximum absolute atomic E-state index is 9.75. The average molecular weight is 339 g/mol. The van der Waals surface area contributed by atoms with E-state index in [1.165, 1.54) is 0 Å². The molecule has 0 unspecified atom stereocenters. The third-order valence-corrected chi connectivity index (χ3v) is 0.641. The number of isocyanates is 1. The molecule has 0 aliphatic heterocycles. The molecule has 106 valence electrons. The molecule has 0 saturated heterocycles. The summed E-state index contributed by atoms with van der Waals surface area (Å²) in [6.07, 6.45) is 0.645. The van der Waals surface area contributed by atoms with Crippen LogP contribution < -0.4 is 51.4 Å². The molecule has 0 amide bonds. The predicted octanol–water partition coefficient (Wildman–Crippen LogP) is -3.42. The van der Waals surface area contributed by atoms with Crippen molar-refractivity contribution in [1.29, 1.82) is 0 Å². The van der Waals surface area contributed by atoms with E-state index in [4.69, 9.17) is 29.1 Å². The van der Waals surface area contributed by atoms with Crippen LogP contribution in [0, 0.1) is 0 Å². The molecule has 0 aliphatic rings. The summed E-state index contributed by atoms with van der Waals surface area (Å²) in [6.45, 7) is 0. The third kappa shape index (κ3) is 73.9. The van der Waals surface area contributed by atoms with Gasteiger partial charge < -0.3 is 27.5 Å². The summed E-state index contributed by atoms with van der Waals surface area (Å²) in [5.41, 5.74) is 0. The van der Waals surface area contributed by atoms with Gasteiger partial charge in [0.2, 0.25) is 0 Å². The molecule has 0 saturated carbocycles. The fourth-order valence-electron chi connectivity index (χ4n) is 0.0471. The Morgan fingerprint density at radius 1 is 1.05 bits per heavy atom. The molecule has 0 aromatic rings. The Kier molecular flexibility index (Phi) is 18.1. The molecule has 0 spiro atoms. The number of hydrogen-bond acceptors (Lipinski definition) is 5. The predicted molar refractivity (Wildman–Crippen MR) is 45.1 cm³/mol. The number of hydrogen-bond donors (Lipinski definition) is 3. The summed E-state index contributed by atoms with van der Waals surface area (Å²) in [5.74, 6) is -3.65. The number of carbonyl (C=O) groups is 2. The van der Waals surface area contributed by atoms with Gasteiger partial charge in [0.15, 0.2) is 0 Å². The minimum absolute atomic E-state index is 0. The first-order valence-corrected chi connectivity index (χ1v) is 4.50. The van der Waals surface area contributed by atoms with Gasteiger partial charge >= 0.3 is 80.9 Å². The van der Waals surface area contributed by atoms with E-state index >= 15 is 0 Å². The van der Waals surface area contributed by atoms with E-state index in [0.717, 1.165) is 0 Å². The average Bonchev–Trinajstić information content (AvgIpc) is 1.98. The second-order valence-corrected chi connectivity index (χ2v) is 2.81. The van der Waals surface area contributed by atoms with Crippen molar-refractivity contribution < 1.29 is 106 Å². The molecule has 0 radical (unpaired) electrons. The quantitative estimate of drug-likeness (QED) is 0.111. The molecule has 3 N–H and O–H groups in total. The third-order valence-electron chi connectivity index (χ3n) is 0.336. The number of rotatable bonds is 1. The summed E-state index contributed by atoms with van der Waals surface area (Å²) >= 11 is 0. The van der Waals surface area contributed by atoms with E-state index in [-0.39, 0.29) is 51.4 Å². The number of nitrogens with zero attached hydrogens (tertiary/aromatic N) is 1. The number of halogens is 4. The maximum Gasteiger partial charge on any atom is 1.00 e. The summed E-state index contributed by atoms with van der Waals surface area (Å²) < 4.78 is 67.3. The van der Waals surface area contributed by atoms with Gasteiger partial charge in [-0.25, -0.2) is 14.4 Å². The first-order chi connectivity index (χ1) is 7.70. The van der Waals surface area contributed by atoms with Crippen LogP contribution >= 0.6 is 0 Å². The van der Waals surface area contributed by atoms with Crippen molar-refractivity contribution in [3.8, 4) is 0 Å². The van der Waals surface area contributed by atoms with Crippen LogP contribution in [0.5, 0.6) is 0 Å². The fourth-order valence-corrected chi connectivity index (χ4v) is 0.141. The zero-order valence-electron chi connectivity index (χ0n) is 8.83. The number of carboxylic acids is 2. The Balaban J connectivity index is -0.0000000878. The van der Waals surface area contributed by atoms with Crippen LogP contribution in [-0.4, -0.2) is 48.5 Å². The Morgan fingerprint density at radius 3 is 1.26 bits per heavy atom. The minimum atomic E-state index is -6.00. The second-order valence-electron chi connectivity index (χ2n) is 1.74. The van der Waals surface area contributed by atoms with E-state index in [1.54, 1.807) is 0 Å². The van der Waals surface area contributed by atoms with Gasteiger partial charge in [0, 0.05) is 0 Å². The van der Waals surface area contributed by atoms with Gasteiger partial charge in [-0.05, 0) is 0 Å². The topological polar surface area (TPSA) is 158 Å². The molecule has 0 heterocycles. The molecule has 19 heavy (non-hydrogen) atoms. The maximum atomic E-state index is 9.75. The first-order valence-electron chi connectivity index (χ1n) is 3.10. The normalized spacial score (nSPS) is 9.11. The Morgan fingerprint density at radius 2 is 1.26 bits per heavy atom. The van der Waals surface area contributed by atoms with Crippen molar-refractivity contribution in [1.82, 2.24) is 0 Å². The van der Waals surface area contributed by atoms with Crippen LogP contribution in [0.3, 0.4) is 0 Å². The Labute approximate surface area is 145 Å². The molecular weight excluding hydrogens is 336 g/mol. The van der Waals surface area contributed by atoms with Gasteiger partial charge in [-0.15, -0.1) is 0 Å². The largest absolute Gasteiger partial charge is 1.00 e. The standard InChI is InChI=1S/C2H2O4.CHNO4S.BF4.K/c3-1(4)2(5)6;3-1-2-7(4,5)6;2-1(3,4)5;/h(H,3,4)(H,5,6);(H,4,5,6);;/q;;-1;+1. The minimum Gasteiger partial charge on any atom is -0.473 e. The number of aliphatic carboxylic acids is 2. The van der Waals surface area contributed by atoms with Crippen LogP contribution in [0.1, 0.15) is 0 Å². The van der Waals surface area contributed by atoms with Crippen LogP contribution in [0.2, 0.25) is 0 Å². The molecule has 0 atom stereocenters. The van der Waals surface area contributed by atoms with Crippen LogP contribution in [-0.2, 0) is 24.7 Å². The second kappa shape index (κ2) is 12.7. The Bertz CT molecular complexity index is 412. The smallest absolute Gasteiger partial charge is 0.473 e. The summed E-state index contributed by atoms with van der Waals surface area (Å²) in [5, 5.41) is 14.8. The van der Waals surface area contributed by atoms with E-state index in [0.29, 0.717) is 6.08 Å². The molecule has 16 heteroatoms. The number of carboxylic acid groups (broad SMARTS) is 2. The molecule has 0 aliphatic carbocycles. The Hall–Kier alpha value is -0.349. The van der Waals surface area contributed by atoms with Crippen molar-refractivity contribution in [2.24, 2.45) is 4.40 Å². The zero-order chi connectivity index (χ0) is 15.6. The van der Waals surface area contributed by atoms with E-state index in [2.05, 4.69) is 0 Å². The summed E-state index contributed by atoms with van der Waals surface area (Å²) in [4.78, 5) is 27.2. The number of carbonyl (C=O) groups excluding carboxylic acids is 1. The van der Waals surface area contributed by atoms with Gasteiger partial charge in [0.25, 0.3) is 6.08 Å². The van der Waals surface area contributed by atoms with Crippen molar-refractivity contribution in [3.05, 3.63) is 0 Å². The summed E-state index contributed by atoms with van der Waals surface area (Å²) in [7, 11) is -10.5. The molecule has 0 aromatic heterocycles. The van der Waals surface area contributed by atoms with E-state index in [9.17, 15) is 25.7 Å². The molecule has 0 rings (SSSR count). The van der Waals surface area contributed by atoms with E-state index < -0.39 is 29.5 Å². The van der Waals surface area contributed by atoms with Crippen LogP contribution in [0.15, 0.2) is 4.40 Å². The summed E-state index contributed by atoms with van der Waals surface area (Å²) in [6, 6.07) is 0. The fraction of sp³-hybridized carbons (Fsp3) is 0. The molecular formula is C3H3BF4KNO8S. The van der Waals surface area contributed by atoms with E-state index in [1.807, 2.05) is 4.40 Å². The molecule has 0 fully saturated rings. The van der Waals surface area contributed by atoms with Crippen LogP contribution in [0.4, 0.5) is 17.3 Å². The first kappa shape index (κ1) is 27.1. The van der Waals surface area contributed by atoms with Gasteiger partial charge in [0.05, 0.1) is 0 Å². The molecule has 0 aromatic carbocycles. The van der Waals surface area contributed by atoms with Gasteiger partial charge in [-0.2, -0.15) is 8.42 Å². The van der Waals surface area contributed by atoms with Crippen molar-refractivity contribution in [2.45, 2.75) is 0 Å². The van der Waals surface area contributed by atoms with Gasteiger partial charge in [-0.3, -0.25) is 4.55 Å². The van der Waals surface area contributed by atoms with Gasteiger partial charge in [-0.1, -0.05) is 4.40 Å². The zero-order valence-corrected chi connectivity index (χ0v) is 12.8. The molecule has 9 nitrogen and oxygen atoms in total. The molecule has 0 bridgehead atoms. The van der Waals surface area contributed by atoms with Crippen molar-refractivity contribution in [3.63, 3.8) is 0 Å². The van der Waals surface area contributed by atoms with Gasteiger partial charge in [0.1, 0.15) is 0 Å². The van der Waals surface area contributed by atoms with Crippen molar-refractivity contribution >= 4 is 35.6 Å². The van der Waals surface area contributed by atoms with Crippen molar-refractivity contribution in [2.75, 3.05) is 0 Å². The van der Waals surface area contributed by atoms with Crippen LogP contribution in [0.25, 0.3) is 0 Å². The monoisotopic (exact) mass is 339 g/mol. The SMILES string of the molecule is F[B-](F)(F)F.O=C(O)C(=O)O.O=C=NS(=O)(=O)O.[K+].